The second-order valence-corrected chi connectivity index (χ2v) is 9.51. The first-order chi connectivity index (χ1) is 20.2. The number of halogens is 2. The Morgan fingerprint density at radius 1 is 1.17 bits per heavy atom. The van der Waals surface area contributed by atoms with Gasteiger partial charge in [-0.15, -0.1) is 0 Å². The van der Waals surface area contributed by atoms with Crippen molar-refractivity contribution < 1.29 is 27.9 Å². The number of hydrogen-bond donors (Lipinski definition) is 3. The fourth-order valence-electron chi connectivity index (χ4n) is 4.67. The van der Waals surface area contributed by atoms with E-state index in [-0.39, 0.29) is 5.56 Å². The summed E-state index contributed by atoms with van der Waals surface area (Å²) in [5.41, 5.74) is 6.97. The predicted octanol–water partition coefficient (Wildman–Crippen LogP) is 3.14. The lowest BCUT2D eigenvalue weighted by atomic mass is 10.0. The monoisotopic (exact) mass is 578 g/mol. The van der Waals surface area contributed by atoms with Gasteiger partial charge in [0.25, 0.3) is 5.91 Å². The van der Waals surface area contributed by atoms with Crippen LogP contribution in [-0.2, 0) is 9.57 Å². The number of hydrogen-bond acceptors (Lipinski definition) is 8. The van der Waals surface area contributed by atoms with Crippen molar-refractivity contribution in [2.24, 2.45) is 5.73 Å². The first-order valence-electron chi connectivity index (χ1n) is 13.0. The normalized spacial score (nSPS) is 16.9. The first-order valence-corrected chi connectivity index (χ1v) is 13.0. The van der Waals surface area contributed by atoms with Crippen molar-refractivity contribution in [3.63, 3.8) is 0 Å². The van der Waals surface area contributed by atoms with Gasteiger partial charge in [0, 0.05) is 43.7 Å². The van der Waals surface area contributed by atoms with Gasteiger partial charge in [-0.25, -0.2) is 23.8 Å². The number of hydroxylamine groups is 2. The van der Waals surface area contributed by atoms with E-state index in [2.05, 4.69) is 25.7 Å². The van der Waals surface area contributed by atoms with E-state index in [9.17, 15) is 18.4 Å². The molecule has 14 heteroatoms. The Balaban J connectivity index is 1.44. The lowest BCUT2D eigenvalue weighted by Gasteiger charge is -2.19. The molecule has 1 fully saturated rings. The topological polar surface area (TPSA) is 150 Å². The number of methoxy groups -OCH3 is 1. The number of primary amides is 1. The largest absolute Gasteiger partial charge is 0.383 e. The fourth-order valence-corrected chi connectivity index (χ4v) is 4.67. The van der Waals surface area contributed by atoms with Crippen LogP contribution in [0.2, 0.25) is 0 Å². The quantitative estimate of drug-likeness (QED) is 0.257. The summed E-state index contributed by atoms with van der Waals surface area (Å²) in [7, 11) is 1.57. The van der Waals surface area contributed by atoms with Gasteiger partial charge < -0.3 is 15.8 Å². The minimum Gasteiger partial charge on any atom is -0.383 e. The van der Waals surface area contributed by atoms with Crippen LogP contribution in [0.1, 0.15) is 27.7 Å². The zero-order valence-corrected chi connectivity index (χ0v) is 22.8. The SMILES string of the molecule is COCCN1C[C@@H](NC(=O)Nc2c(C)c(-c3cnc(C(N)=O)c(F)c3)nn2-c2ccccc2)[C@H](c2ccnc(F)c2)O1. The molecule has 0 aliphatic carbocycles. The number of benzene rings is 1. The molecule has 0 radical (unpaired) electrons. The van der Waals surface area contributed by atoms with Gasteiger partial charge in [-0.3, -0.25) is 14.9 Å². The summed E-state index contributed by atoms with van der Waals surface area (Å²) in [4.78, 5) is 38.3. The molecule has 5 rings (SSSR count). The number of rotatable bonds is 9. The van der Waals surface area contributed by atoms with Gasteiger partial charge in [0.05, 0.1) is 24.0 Å². The molecular weight excluding hydrogens is 550 g/mol. The number of ether oxygens (including phenoxy) is 1. The number of urea groups is 1. The molecule has 4 N–H and O–H groups in total. The van der Waals surface area contributed by atoms with E-state index in [1.165, 1.54) is 23.1 Å². The number of aromatic nitrogens is 4. The Bertz CT molecular complexity index is 1600. The molecule has 12 nitrogen and oxygen atoms in total. The van der Waals surface area contributed by atoms with Crippen LogP contribution in [0, 0.1) is 18.7 Å². The van der Waals surface area contributed by atoms with Crippen LogP contribution in [-0.4, -0.2) is 69.6 Å². The van der Waals surface area contributed by atoms with Crippen LogP contribution in [0.25, 0.3) is 16.9 Å². The Morgan fingerprint density at radius 2 is 1.95 bits per heavy atom. The lowest BCUT2D eigenvalue weighted by Crippen LogP contribution is -2.42. The molecule has 2 atom stereocenters. The summed E-state index contributed by atoms with van der Waals surface area (Å²) < 4.78 is 35.1. The highest BCUT2D eigenvalue weighted by Crippen LogP contribution is 2.32. The molecular formula is C28H28F2N8O4. The van der Waals surface area contributed by atoms with Crippen molar-refractivity contribution in [3.05, 3.63) is 89.5 Å². The highest BCUT2D eigenvalue weighted by Gasteiger charge is 2.37. The number of para-hydroxylation sites is 1. The molecule has 4 heterocycles. The summed E-state index contributed by atoms with van der Waals surface area (Å²) in [6.45, 7) is 2.85. The molecule has 0 bridgehead atoms. The summed E-state index contributed by atoms with van der Waals surface area (Å²) in [5, 5.41) is 12.0. The fraction of sp³-hybridized carbons (Fsp3) is 0.250. The smallest absolute Gasteiger partial charge is 0.320 e. The van der Waals surface area contributed by atoms with Gasteiger partial charge in [-0.1, -0.05) is 18.2 Å². The van der Waals surface area contributed by atoms with E-state index in [4.69, 9.17) is 15.3 Å². The number of amides is 3. The van der Waals surface area contributed by atoms with E-state index in [0.717, 1.165) is 6.07 Å². The van der Waals surface area contributed by atoms with E-state index < -0.39 is 41.5 Å². The second kappa shape index (κ2) is 12.4. The molecule has 0 saturated carbocycles. The zero-order valence-electron chi connectivity index (χ0n) is 22.8. The first kappa shape index (κ1) is 28.7. The van der Waals surface area contributed by atoms with Gasteiger partial charge in [0.15, 0.2) is 11.5 Å². The Kier molecular flexibility index (Phi) is 8.47. The summed E-state index contributed by atoms with van der Waals surface area (Å²) >= 11 is 0. The van der Waals surface area contributed by atoms with Crippen LogP contribution in [0.3, 0.4) is 0 Å². The van der Waals surface area contributed by atoms with E-state index in [1.54, 1.807) is 37.3 Å². The van der Waals surface area contributed by atoms with E-state index >= 15 is 0 Å². The van der Waals surface area contributed by atoms with Crippen molar-refractivity contribution >= 4 is 17.8 Å². The molecule has 218 valence electrons. The number of pyridine rings is 2. The van der Waals surface area contributed by atoms with Crippen LogP contribution in [0.15, 0.2) is 60.9 Å². The summed E-state index contributed by atoms with van der Waals surface area (Å²) in [5.74, 6) is -2.23. The Hall–Kier alpha value is -4.79. The summed E-state index contributed by atoms with van der Waals surface area (Å²) in [6, 6.07) is 11.9. The average molecular weight is 579 g/mol. The lowest BCUT2D eigenvalue weighted by molar-refractivity contribution is -0.154. The van der Waals surface area contributed by atoms with Crippen molar-refractivity contribution in [1.29, 1.82) is 0 Å². The van der Waals surface area contributed by atoms with E-state index in [0.29, 0.717) is 48.0 Å². The molecule has 3 aromatic heterocycles. The zero-order chi connectivity index (χ0) is 29.8. The molecule has 0 unspecified atom stereocenters. The molecule has 1 saturated heterocycles. The number of nitrogens with two attached hydrogens (primary N) is 1. The molecule has 1 aliphatic heterocycles. The van der Waals surface area contributed by atoms with Crippen molar-refractivity contribution in [2.45, 2.75) is 19.1 Å². The molecule has 0 spiro atoms. The Morgan fingerprint density at radius 3 is 2.64 bits per heavy atom. The molecule has 3 amide bonds. The molecule has 42 heavy (non-hydrogen) atoms. The molecule has 1 aromatic carbocycles. The number of carbonyl (C=O) groups excluding carboxylic acids is 2. The maximum Gasteiger partial charge on any atom is 0.320 e. The van der Waals surface area contributed by atoms with Gasteiger partial charge in [-0.05, 0) is 42.8 Å². The number of nitrogens with zero attached hydrogens (tertiary/aromatic N) is 5. The highest BCUT2D eigenvalue weighted by atomic mass is 19.1. The maximum atomic E-state index is 14.6. The van der Waals surface area contributed by atoms with Crippen LogP contribution in [0.4, 0.5) is 19.4 Å². The van der Waals surface area contributed by atoms with Crippen molar-refractivity contribution in [2.75, 3.05) is 32.1 Å². The number of nitrogens with one attached hydrogen (secondary N) is 2. The average Bonchev–Trinajstić information content (AvgIpc) is 3.52. The minimum absolute atomic E-state index is 0.283. The minimum atomic E-state index is -0.992. The van der Waals surface area contributed by atoms with Crippen LogP contribution in [0.5, 0.6) is 0 Å². The van der Waals surface area contributed by atoms with Crippen LogP contribution < -0.4 is 16.4 Å². The standard InChI is InChI=1S/C28H28F2N8O4/c1-16-23(18-12-20(29)24(26(31)39)33-14-18)36-38(19-6-4-3-5-7-19)27(16)35-28(40)34-21-15-37(10-11-41-2)42-25(21)17-8-9-32-22(30)13-17/h3-9,12-14,21,25H,10-11,15H2,1-2H3,(H2,31,39)(H2,34,35,40)/t21-,25+/m1/s1. The maximum absolute atomic E-state index is 14.6. The van der Waals surface area contributed by atoms with Crippen molar-refractivity contribution in [1.82, 2.24) is 30.1 Å². The predicted molar refractivity (Wildman–Crippen MR) is 147 cm³/mol. The number of carbonyl (C=O) groups is 2. The van der Waals surface area contributed by atoms with Crippen molar-refractivity contribution in [3.8, 4) is 16.9 Å². The summed E-state index contributed by atoms with van der Waals surface area (Å²) in [6.07, 6.45) is 1.94. The second-order valence-electron chi connectivity index (χ2n) is 9.51. The van der Waals surface area contributed by atoms with Gasteiger partial charge in [-0.2, -0.15) is 14.6 Å². The van der Waals surface area contributed by atoms with Gasteiger partial charge in [0.2, 0.25) is 5.95 Å². The Labute approximate surface area is 239 Å². The van der Waals surface area contributed by atoms with Crippen LogP contribution >= 0.6 is 0 Å². The third-order valence-corrected chi connectivity index (χ3v) is 6.67. The van der Waals surface area contributed by atoms with E-state index in [1.807, 2.05) is 18.2 Å². The third kappa shape index (κ3) is 6.10. The third-order valence-electron chi connectivity index (χ3n) is 6.67. The molecule has 4 aromatic rings. The highest BCUT2D eigenvalue weighted by molar-refractivity contribution is 5.92. The number of anilines is 1. The molecule has 1 aliphatic rings. The van der Waals surface area contributed by atoms with Gasteiger partial charge >= 0.3 is 6.03 Å². The van der Waals surface area contributed by atoms with Gasteiger partial charge in [0.1, 0.15) is 11.9 Å².